The molecular formula is C30H42F3N3O4S. The molecule has 1 saturated carbocycles. The van der Waals surface area contributed by atoms with E-state index in [0.717, 1.165) is 50.3 Å². The van der Waals surface area contributed by atoms with Crippen LogP contribution in [-0.4, -0.2) is 53.5 Å². The number of ether oxygens (including phenoxy) is 2. The maximum atomic E-state index is 14.4. The monoisotopic (exact) mass is 597 g/mol. The molecule has 2 N–H and O–H groups in total. The number of aromatic nitrogens is 1. The Balaban J connectivity index is 1.73. The molecule has 2 aromatic rings. The normalized spacial score (nSPS) is 18.4. The van der Waals surface area contributed by atoms with Crippen molar-refractivity contribution in [2.24, 2.45) is 5.92 Å². The summed E-state index contributed by atoms with van der Waals surface area (Å²) in [6.45, 7) is 7.26. The number of hydrogen-bond acceptors (Lipinski definition) is 5. The molecule has 0 bridgehead atoms. The molecule has 1 aliphatic heterocycles. The Labute approximate surface area is 243 Å². The van der Waals surface area contributed by atoms with E-state index in [1.807, 2.05) is 11.5 Å². The molecule has 4 rings (SSSR count). The molecular weight excluding hydrogens is 555 g/mol. The Bertz CT molecular complexity index is 1190. The van der Waals surface area contributed by atoms with E-state index in [1.165, 1.54) is 19.6 Å². The van der Waals surface area contributed by atoms with Crippen LogP contribution in [0.2, 0.25) is 0 Å². The number of carbonyl (C=O) groups excluding carboxylic acids is 1. The smallest absolute Gasteiger partial charge is 0.421 e. The molecule has 7 nitrogen and oxygen atoms in total. The average molecular weight is 598 g/mol. The first-order chi connectivity index (χ1) is 19.4. The Morgan fingerprint density at radius 2 is 1.80 bits per heavy atom. The third kappa shape index (κ3) is 8.07. The van der Waals surface area contributed by atoms with E-state index < -0.39 is 28.6 Å². The summed E-state index contributed by atoms with van der Waals surface area (Å²) in [6.07, 6.45) is 2.27. The molecule has 0 radical (unpaired) electrons. The van der Waals surface area contributed by atoms with Gasteiger partial charge < -0.3 is 23.9 Å². The van der Waals surface area contributed by atoms with Crippen LogP contribution in [0.25, 0.3) is 11.3 Å². The molecule has 1 amide bonds. The highest BCUT2D eigenvalue weighted by Crippen LogP contribution is 2.39. The van der Waals surface area contributed by atoms with Crippen molar-refractivity contribution in [1.29, 1.82) is 0 Å². The topological polar surface area (TPSA) is 87.6 Å². The molecule has 11 heteroatoms. The lowest BCUT2D eigenvalue weighted by Crippen LogP contribution is -2.47. The number of hydrogen-bond donors (Lipinski definition) is 2. The van der Waals surface area contributed by atoms with E-state index in [-0.39, 0.29) is 23.5 Å². The van der Waals surface area contributed by atoms with Gasteiger partial charge in [0, 0.05) is 44.3 Å². The van der Waals surface area contributed by atoms with Crippen molar-refractivity contribution >= 4 is 17.3 Å². The number of amides is 1. The Morgan fingerprint density at radius 3 is 2.44 bits per heavy atom. The van der Waals surface area contributed by atoms with Gasteiger partial charge in [0.1, 0.15) is 5.56 Å². The molecule has 1 aliphatic carbocycles. The van der Waals surface area contributed by atoms with Crippen LogP contribution < -0.4 is 10.0 Å². The van der Waals surface area contributed by atoms with Crippen LogP contribution in [0, 0.1) is 12.8 Å². The Kier molecular flexibility index (Phi) is 10.5. The minimum atomic E-state index is -4.73. The number of carbonyl (C=O) groups is 1. The first kappa shape index (κ1) is 31.9. The summed E-state index contributed by atoms with van der Waals surface area (Å²) in [7, 11) is 1.48. The fraction of sp³-hybridized carbons (Fsp3) is 0.633. The van der Waals surface area contributed by atoms with E-state index in [4.69, 9.17) is 9.47 Å². The van der Waals surface area contributed by atoms with Crippen LogP contribution >= 0.6 is 0 Å². The fourth-order valence-corrected chi connectivity index (χ4v) is 7.09. The van der Waals surface area contributed by atoms with Crippen molar-refractivity contribution in [3.8, 4) is 11.3 Å². The summed E-state index contributed by atoms with van der Waals surface area (Å²) in [6, 6.07) is 5.62. The minimum absolute atomic E-state index is 0.00162. The van der Waals surface area contributed by atoms with Crippen LogP contribution in [0.15, 0.2) is 29.2 Å². The van der Waals surface area contributed by atoms with Crippen molar-refractivity contribution in [3.05, 3.63) is 41.1 Å². The van der Waals surface area contributed by atoms with Gasteiger partial charge in [-0.25, -0.2) is 0 Å². The molecule has 2 fully saturated rings. The van der Waals surface area contributed by atoms with Crippen molar-refractivity contribution in [1.82, 2.24) is 14.6 Å². The Morgan fingerprint density at radius 1 is 1.12 bits per heavy atom. The van der Waals surface area contributed by atoms with Gasteiger partial charge in [-0.2, -0.15) is 13.2 Å². The zero-order chi connectivity index (χ0) is 29.8. The molecule has 41 heavy (non-hydrogen) atoms. The number of methoxy groups -OCH3 is 1. The zero-order valence-electron chi connectivity index (χ0n) is 24.4. The summed E-state index contributed by atoms with van der Waals surface area (Å²) < 4.78 is 71.5. The number of rotatable bonds is 10. The second-order valence-corrected chi connectivity index (χ2v) is 13.1. The Hall–Kier alpha value is -2.05. The van der Waals surface area contributed by atoms with Gasteiger partial charge in [0.05, 0.1) is 29.1 Å². The first-order valence-electron chi connectivity index (χ1n) is 14.4. The third-order valence-corrected chi connectivity index (χ3v) is 9.48. The number of halogens is 3. The molecule has 1 atom stereocenters. The highest BCUT2D eigenvalue weighted by molar-refractivity contribution is 7.89. The molecule has 2 aliphatic rings. The second kappa shape index (κ2) is 13.5. The molecule has 1 saturated heterocycles. The van der Waals surface area contributed by atoms with Crippen LogP contribution in [-0.2, 0) is 33.6 Å². The summed E-state index contributed by atoms with van der Waals surface area (Å²) in [5.74, 6) is 0.164. The molecule has 0 spiro atoms. The van der Waals surface area contributed by atoms with E-state index in [1.54, 1.807) is 26.0 Å². The molecule has 228 valence electrons. The minimum Gasteiger partial charge on any atom is -0.593 e. The van der Waals surface area contributed by atoms with Gasteiger partial charge in [-0.15, -0.1) is 4.72 Å². The number of benzene rings is 1. The summed E-state index contributed by atoms with van der Waals surface area (Å²) in [5, 5.41) is 3.09. The number of nitrogens with one attached hydrogen (secondary N) is 2. The highest BCUT2D eigenvalue weighted by Gasteiger charge is 2.40. The van der Waals surface area contributed by atoms with Gasteiger partial charge in [-0.3, -0.25) is 4.79 Å². The number of alkyl halides is 3. The standard InChI is InChI=1S/C30H42F3N3O4S/c1-20-24(28(37)34-23-12-14-40-15-13-23)17-26(36(20)18-21-8-6-5-7-9-21)22-10-11-27(25(16-22)30(31,32)33)41(38)35-29(2,3)19-39-4/h10-11,16-17,21,23,35H,5-9,12-15,18-19H2,1-4H3,(H,34,37). The highest BCUT2D eigenvalue weighted by atomic mass is 32.2. The molecule has 1 unspecified atom stereocenters. The second-order valence-electron chi connectivity index (χ2n) is 11.9. The van der Waals surface area contributed by atoms with Gasteiger partial charge in [0.2, 0.25) is 0 Å². The maximum Gasteiger partial charge on any atom is 0.421 e. The quantitative estimate of drug-likeness (QED) is 0.328. The largest absolute Gasteiger partial charge is 0.593 e. The molecule has 1 aromatic carbocycles. The zero-order valence-corrected chi connectivity index (χ0v) is 25.2. The van der Waals surface area contributed by atoms with Crippen LogP contribution in [0.1, 0.15) is 80.4 Å². The molecule has 2 heterocycles. The van der Waals surface area contributed by atoms with E-state index >= 15 is 0 Å². The lowest BCUT2D eigenvalue weighted by Gasteiger charge is -2.27. The first-order valence-corrected chi connectivity index (χ1v) is 15.5. The van der Waals surface area contributed by atoms with Crippen LogP contribution in [0.3, 0.4) is 0 Å². The average Bonchev–Trinajstić information content (AvgIpc) is 3.24. The summed E-state index contributed by atoms with van der Waals surface area (Å²) >= 11 is -2.13. The van der Waals surface area contributed by atoms with Crippen molar-refractivity contribution < 1.29 is 32.0 Å². The van der Waals surface area contributed by atoms with E-state index in [0.29, 0.717) is 42.5 Å². The van der Waals surface area contributed by atoms with Crippen molar-refractivity contribution in [3.63, 3.8) is 0 Å². The van der Waals surface area contributed by atoms with Crippen LogP contribution in [0.4, 0.5) is 13.2 Å². The van der Waals surface area contributed by atoms with Gasteiger partial charge in [0.25, 0.3) is 5.91 Å². The fourth-order valence-electron chi connectivity index (χ4n) is 5.85. The third-order valence-electron chi connectivity index (χ3n) is 7.99. The van der Waals surface area contributed by atoms with Crippen LogP contribution in [0.5, 0.6) is 0 Å². The maximum absolute atomic E-state index is 14.4. The van der Waals surface area contributed by atoms with Crippen molar-refractivity contribution in [2.45, 2.75) is 94.9 Å². The molecule has 1 aromatic heterocycles. The predicted octanol–water partition coefficient (Wildman–Crippen LogP) is 6.01. The summed E-state index contributed by atoms with van der Waals surface area (Å²) in [5.41, 5.74) is 0.315. The van der Waals surface area contributed by atoms with E-state index in [9.17, 15) is 22.5 Å². The lowest BCUT2D eigenvalue weighted by molar-refractivity contribution is -0.139. The van der Waals surface area contributed by atoms with Gasteiger partial charge >= 0.3 is 6.18 Å². The van der Waals surface area contributed by atoms with E-state index in [2.05, 4.69) is 10.0 Å². The summed E-state index contributed by atoms with van der Waals surface area (Å²) in [4.78, 5) is 13.0. The predicted molar refractivity (Wildman–Crippen MR) is 153 cm³/mol. The SMILES string of the molecule is COCC(C)(C)N[S+]([O-])c1ccc(-c2cc(C(=O)NC3CCOCC3)c(C)n2CC2CCCCC2)cc1C(F)(F)F. The van der Waals surface area contributed by atoms with Gasteiger partial charge in [0.15, 0.2) is 4.90 Å². The van der Waals surface area contributed by atoms with Gasteiger partial charge in [-0.05, 0) is 82.2 Å². The van der Waals surface area contributed by atoms with Gasteiger partial charge in [-0.1, -0.05) is 19.3 Å². The lowest BCUT2D eigenvalue weighted by atomic mass is 9.89. The van der Waals surface area contributed by atoms with Crippen molar-refractivity contribution in [2.75, 3.05) is 26.9 Å². The number of nitrogens with zero attached hydrogens (tertiary/aromatic N) is 1.